The number of carbonyl (C=O) groups is 2. The summed E-state index contributed by atoms with van der Waals surface area (Å²) in [5.41, 5.74) is -0.797. The first-order chi connectivity index (χ1) is 9.90. The van der Waals surface area contributed by atoms with Crippen molar-refractivity contribution in [2.24, 2.45) is 0 Å². The lowest BCUT2D eigenvalue weighted by Gasteiger charge is -2.28. The van der Waals surface area contributed by atoms with Gasteiger partial charge >= 0.3 is 12.0 Å². The average molecular weight is 315 g/mol. The van der Waals surface area contributed by atoms with Crippen LogP contribution in [0.25, 0.3) is 0 Å². The Labute approximate surface area is 126 Å². The van der Waals surface area contributed by atoms with E-state index in [0.29, 0.717) is 17.9 Å². The summed E-state index contributed by atoms with van der Waals surface area (Å²) in [6.07, 6.45) is 2.78. The Bertz CT molecular complexity index is 559. The topological polar surface area (TPSA) is 78.4 Å². The van der Waals surface area contributed by atoms with E-state index in [1.165, 1.54) is 12.1 Å². The highest BCUT2D eigenvalue weighted by atomic mass is 35.5. The summed E-state index contributed by atoms with van der Waals surface area (Å²) < 4.78 is 13.6. The summed E-state index contributed by atoms with van der Waals surface area (Å²) in [7, 11) is 0. The molecule has 1 aromatic carbocycles. The number of hydrogen-bond acceptors (Lipinski definition) is 2. The molecule has 5 nitrogen and oxygen atoms in total. The van der Waals surface area contributed by atoms with Crippen molar-refractivity contribution in [1.82, 2.24) is 5.32 Å². The van der Waals surface area contributed by atoms with E-state index < -0.39 is 23.4 Å². The van der Waals surface area contributed by atoms with Crippen LogP contribution in [0.1, 0.15) is 32.1 Å². The highest BCUT2D eigenvalue weighted by Crippen LogP contribution is 2.32. The SMILES string of the molecule is O=C(O)CC1(NC(=O)Nc2cc(Cl)ccc2F)CCCC1. The minimum absolute atomic E-state index is 0.0385. The number of aliphatic carboxylic acids is 1. The van der Waals surface area contributed by atoms with Crippen LogP contribution >= 0.6 is 11.6 Å². The van der Waals surface area contributed by atoms with Crippen LogP contribution in [0.3, 0.4) is 0 Å². The van der Waals surface area contributed by atoms with Crippen molar-refractivity contribution in [1.29, 1.82) is 0 Å². The third-order valence-electron chi connectivity index (χ3n) is 3.61. The van der Waals surface area contributed by atoms with Gasteiger partial charge in [-0.15, -0.1) is 0 Å². The number of carbonyl (C=O) groups excluding carboxylic acids is 1. The molecule has 0 saturated heterocycles. The number of hydrogen-bond donors (Lipinski definition) is 3. The van der Waals surface area contributed by atoms with E-state index in [-0.39, 0.29) is 12.1 Å². The summed E-state index contributed by atoms with van der Waals surface area (Å²) in [6.45, 7) is 0. The molecule has 0 radical (unpaired) electrons. The number of carboxylic acids is 1. The molecular formula is C14H16ClFN2O3. The van der Waals surface area contributed by atoms with E-state index in [0.717, 1.165) is 18.9 Å². The van der Waals surface area contributed by atoms with Crippen molar-refractivity contribution in [2.75, 3.05) is 5.32 Å². The van der Waals surface area contributed by atoms with E-state index in [4.69, 9.17) is 16.7 Å². The monoisotopic (exact) mass is 314 g/mol. The van der Waals surface area contributed by atoms with Gasteiger partial charge in [0.25, 0.3) is 0 Å². The van der Waals surface area contributed by atoms with E-state index in [1.54, 1.807) is 0 Å². The van der Waals surface area contributed by atoms with Gasteiger partial charge in [-0.3, -0.25) is 4.79 Å². The Kier molecular flexibility index (Phi) is 4.67. The molecule has 3 N–H and O–H groups in total. The standard InChI is InChI=1S/C14H16ClFN2O3/c15-9-3-4-10(16)11(7-9)17-13(21)18-14(8-12(19)20)5-1-2-6-14/h3-4,7H,1-2,5-6,8H2,(H,19,20)(H2,17,18,21). The van der Waals surface area contributed by atoms with E-state index in [9.17, 15) is 14.0 Å². The molecule has 0 unspecified atom stereocenters. The molecule has 1 aliphatic carbocycles. The van der Waals surface area contributed by atoms with Gasteiger partial charge in [-0.2, -0.15) is 0 Å². The normalized spacial score (nSPS) is 16.5. The van der Waals surface area contributed by atoms with Gasteiger partial charge in [0.05, 0.1) is 17.6 Å². The Morgan fingerprint density at radius 1 is 1.33 bits per heavy atom. The van der Waals surface area contributed by atoms with Crippen LogP contribution in [0.5, 0.6) is 0 Å². The summed E-state index contributed by atoms with van der Waals surface area (Å²) >= 11 is 5.75. The molecule has 1 fully saturated rings. The maximum Gasteiger partial charge on any atom is 0.319 e. The Balaban J connectivity index is 2.06. The molecule has 1 aromatic rings. The molecule has 2 rings (SSSR count). The highest BCUT2D eigenvalue weighted by Gasteiger charge is 2.37. The Morgan fingerprint density at radius 3 is 2.62 bits per heavy atom. The third kappa shape index (κ3) is 4.07. The molecule has 1 aliphatic rings. The lowest BCUT2D eigenvalue weighted by Crippen LogP contribution is -2.49. The van der Waals surface area contributed by atoms with Crippen molar-refractivity contribution in [3.05, 3.63) is 29.0 Å². The fourth-order valence-electron chi connectivity index (χ4n) is 2.67. The van der Waals surface area contributed by atoms with Crippen LogP contribution in [0, 0.1) is 5.82 Å². The Hall–Kier alpha value is -1.82. The second-order valence-corrected chi connectivity index (χ2v) is 5.70. The molecule has 0 bridgehead atoms. The number of carboxylic acid groups (broad SMARTS) is 1. The number of amides is 2. The van der Waals surface area contributed by atoms with Gasteiger partial charge in [0.15, 0.2) is 0 Å². The average Bonchev–Trinajstić information content (AvgIpc) is 2.80. The van der Waals surface area contributed by atoms with E-state index in [2.05, 4.69) is 10.6 Å². The van der Waals surface area contributed by atoms with Gasteiger partial charge in [0, 0.05) is 5.02 Å². The molecule has 0 heterocycles. The number of rotatable bonds is 4. The molecule has 0 aromatic heterocycles. The van der Waals surface area contributed by atoms with Crippen LogP contribution in [0.2, 0.25) is 5.02 Å². The first kappa shape index (κ1) is 15.6. The maximum absolute atomic E-state index is 13.6. The van der Waals surface area contributed by atoms with E-state index >= 15 is 0 Å². The number of urea groups is 1. The fourth-order valence-corrected chi connectivity index (χ4v) is 2.85. The lowest BCUT2D eigenvalue weighted by atomic mass is 9.93. The number of benzene rings is 1. The zero-order valence-electron chi connectivity index (χ0n) is 11.3. The summed E-state index contributed by atoms with van der Waals surface area (Å²) in [6, 6.07) is 3.21. The molecule has 7 heteroatoms. The second-order valence-electron chi connectivity index (χ2n) is 5.26. The second kappa shape index (κ2) is 6.30. The van der Waals surface area contributed by atoms with Gasteiger partial charge in [0.1, 0.15) is 5.82 Å². The van der Waals surface area contributed by atoms with Gasteiger partial charge in [-0.25, -0.2) is 9.18 Å². The minimum Gasteiger partial charge on any atom is -0.481 e. The molecule has 0 aliphatic heterocycles. The zero-order valence-corrected chi connectivity index (χ0v) is 12.0. The number of anilines is 1. The quantitative estimate of drug-likeness (QED) is 0.797. The summed E-state index contributed by atoms with van der Waals surface area (Å²) in [5, 5.41) is 14.3. The van der Waals surface area contributed by atoms with Gasteiger partial charge in [0.2, 0.25) is 0 Å². The maximum atomic E-state index is 13.6. The van der Waals surface area contributed by atoms with Crippen LogP contribution < -0.4 is 10.6 Å². The smallest absolute Gasteiger partial charge is 0.319 e. The van der Waals surface area contributed by atoms with Crippen molar-refractivity contribution < 1.29 is 19.1 Å². The summed E-state index contributed by atoms with van der Waals surface area (Å²) in [5.74, 6) is -1.57. The minimum atomic E-state index is -0.967. The van der Waals surface area contributed by atoms with Crippen molar-refractivity contribution in [3.8, 4) is 0 Å². The van der Waals surface area contributed by atoms with Crippen molar-refractivity contribution in [3.63, 3.8) is 0 Å². The lowest BCUT2D eigenvalue weighted by molar-refractivity contribution is -0.138. The predicted octanol–water partition coefficient (Wildman–Crippen LogP) is 3.39. The van der Waals surface area contributed by atoms with Crippen molar-refractivity contribution in [2.45, 2.75) is 37.6 Å². The molecule has 21 heavy (non-hydrogen) atoms. The molecule has 0 spiro atoms. The summed E-state index contributed by atoms with van der Waals surface area (Å²) in [4.78, 5) is 22.9. The highest BCUT2D eigenvalue weighted by molar-refractivity contribution is 6.30. The third-order valence-corrected chi connectivity index (χ3v) is 3.84. The van der Waals surface area contributed by atoms with Crippen LogP contribution in [0.15, 0.2) is 18.2 Å². The molecule has 114 valence electrons. The fraction of sp³-hybridized carbons (Fsp3) is 0.429. The van der Waals surface area contributed by atoms with Gasteiger partial charge in [-0.05, 0) is 31.0 Å². The first-order valence-electron chi connectivity index (χ1n) is 6.66. The van der Waals surface area contributed by atoms with Crippen molar-refractivity contribution >= 4 is 29.3 Å². The molecule has 2 amide bonds. The van der Waals surface area contributed by atoms with Gasteiger partial charge in [-0.1, -0.05) is 24.4 Å². The predicted molar refractivity (Wildman–Crippen MR) is 77.0 cm³/mol. The zero-order chi connectivity index (χ0) is 15.5. The molecule has 0 atom stereocenters. The van der Waals surface area contributed by atoms with Crippen LogP contribution in [-0.4, -0.2) is 22.6 Å². The Morgan fingerprint density at radius 2 is 2.00 bits per heavy atom. The first-order valence-corrected chi connectivity index (χ1v) is 7.04. The number of halogens is 2. The van der Waals surface area contributed by atoms with E-state index in [1.807, 2.05) is 0 Å². The largest absolute Gasteiger partial charge is 0.481 e. The molecular weight excluding hydrogens is 299 g/mol. The van der Waals surface area contributed by atoms with Crippen LogP contribution in [0.4, 0.5) is 14.9 Å². The number of nitrogens with one attached hydrogen (secondary N) is 2. The van der Waals surface area contributed by atoms with Crippen LogP contribution in [-0.2, 0) is 4.79 Å². The van der Waals surface area contributed by atoms with Gasteiger partial charge < -0.3 is 15.7 Å². The molecule has 1 saturated carbocycles.